The van der Waals surface area contributed by atoms with Crippen LogP contribution in [0.4, 0.5) is 5.69 Å². The van der Waals surface area contributed by atoms with Gasteiger partial charge in [0.2, 0.25) is 0 Å². The first-order valence-corrected chi connectivity index (χ1v) is 9.98. The van der Waals surface area contributed by atoms with Crippen LogP contribution in [0.1, 0.15) is 31.9 Å². The second-order valence-electron chi connectivity index (χ2n) is 7.21. The monoisotopic (exact) mass is 434 g/mol. The Balaban J connectivity index is 1.66. The van der Waals surface area contributed by atoms with E-state index in [1.165, 1.54) is 18.2 Å². The Kier molecular flexibility index (Phi) is 6.99. The van der Waals surface area contributed by atoms with Gasteiger partial charge in [0.05, 0.1) is 29.2 Å². The van der Waals surface area contributed by atoms with Gasteiger partial charge in [0.25, 0.3) is 11.6 Å². The lowest BCUT2D eigenvalue weighted by atomic mass is 9.95. The van der Waals surface area contributed by atoms with Gasteiger partial charge in [-0.15, -0.1) is 0 Å². The second kappa shape index (κ2) is 9.67. The average molecular weight is 435 g/mol. The van der Waals surface area contributed by atoms with Gasteiger partial charge in [-0.25, -0.2) is 0 Å². The number of nitro groups is 1. The van der Waals surface area contributed by atoms with E-state index in [9.17, 15) is 14.9 Å². The Bertz CT molecular complexity index is 934. The summed E-state index contributed by atoms with van der Waals surface area (Å²) in [4.78, 5) is 22.7. The fourth-order valence-electron chi connectivity index (χ4n) is 3.09. The number of nitrogens with zero attached hydrogens (tertiary/aromatic N) is 1. The third-order valence-corrected chi connectivity index (χ3v) is 4.89. The Hall–Kier alpha value is -3.00. The average Bonchev–Trinajstić information content (AvgIpc) is 2.95. The third-order valence-electron chi connectivity index (χ3n) is 4.60. The molecule has 1 aliphatic heterocycles. The number of hydrogen-bond acceptors (Lipinski definition) is 6. The Morgan fingerprint density at radius 1 is 1.20 bits per heavy atom. The van der Waals surface area contributed by atoms with E-state index >= 15 is 0 Å². The molecule has 8 nitrogen and oxygen atoms in total. The molecule has 1 amide bonds. The summed E-state index contributed by atoms with van der Waals surface area (Å²) in [7, 11) is 0. The Labute approximate surface area is 179 Å². The molecule has 0 spiro atoms. The van der Waals surface area contributed by atoms with Crippen LogP contribution in [0.3, 0.4) is 0 Å². The maximum atomic E-state index is 12.5. The highest BCUT2D eigenvalue weighted by Crippen LogP contribution is 2.34. The molecule has 1 N–H and O–H groups in total. The van der Waals surface area contributed by atoms with Gasteiger partial charge in [-0.2, -0.15) is 0 Å². The standard InChI is InChI=1S/C21H23ClN2O6/c1-13(2)21(14-4-6-18-19(10-14)29-9-3-8-28-18)23-20(25)12-30-17-7-5-15(24(26)27)11-16(17)22/h4-7,10-11,13,21H,3,8-9,12H2,1-2H3,(H,23,25). The van der Waals surface area contributed by atoms with Crippen LogP contribution in [0.2, 0.25) is 5.02 Å². The first-order chi connectivity index (χ1) is 14.3. The number of non-ortho nitro benzene ring substituents is 1. The summed E-state index contributed by atoms with van der Waals surface area (Å²) in [6, 6.07) is 9.22. The van der Waals surface area contributed by atoms with E-state index in [4.69, 9.17) is 25.8 Å². The maximum absolute atomic E-state index is 12.5. The predicted octanol–water partition coefficient (Wildman–Crippen LogP) is 4.30. The van der Waals surface area contributed by atoms with E-state index in [0.717, 1.165) is 12.0 Å². The third kappa shape index (κ3) is 5.33. The number of benzene rings is 2. The lowest BCUT2D eigenvalue weighted by Crippen LogP contribution is -2.35. The van der Waals surface area contributed by atoms with Crippen molar-refractivity contribution in [3.63, 3.8) is 0 Å². The molecule has 0 radical (unpaired) electrons. The van der Waals surface area contributed by atoms with E-state index in [1.807, 2.05) is 32.0 Å². The summed E-state index contributed by atoms with van der Waals surface area (Å²) in [6.07, 6.45) is 0.816. The number of nitro benzene ring substituents is 1. The molecule has 0 aliphatic carbocycles. The van der Waals surface area contributed by atoms with Crippen LogP contribution in [0.5, 0.6) is 17.2 Å². The zero-order chi connectivity index (χ0) is 21.7. The van der Waals surface area contributed by atoms with E-state index in [1.54, 1.807) is 0 Å². The number of halogens is 1. The minimum absolute atomic E-state index is 0.0697. The van der Waals surface area contributed by atoms with Crippen LogP contribution < -0.4 is 19.5 Å². The SMILES string of the molecule is CC(C)C(NC(=O)COc1ccc([N+](=O)[O-])cc1Cl)c1ccc2c(c1)OCCCO2. The molecular weight excluding hydrogens is 412 g/mol. The van der Waals surface area contributed by atoms with Crippen molar-refractivity contribution in [3.8, 4) is 17.2 Å². The molecular formula is C21H23ClN2O6. The summed E-state index contributed by atoms with van der Waals surface area (Å²) < 4.78 is 16.8. The fraction of sp³-hybridized carbons (Fsp3) is 0.381. The van der Waals surface area contributed by atoms with Gasteiger partial charge in [0.1, 0.15) is 5.75 Å². The van der Waals surface area contributed by atoms with E-state index in [-0.39, 0.29) is 40.9 Å². The first-order valence-electron chi connectivity index (χ1n) is 9.61. The maximum Gasteiger partial charge on any atom is 0.271 e. The second-order valence-corrected chi connectivity index (χ2v) is 7.61. The molecule has 30 heavy (non-hydrogen) atoms. The Morgan fingerprint density at radius 2 is 1.93 bits per heavy atom. The molecule has 9 heteroatoms. The largest absolute Gasteiger partial charge is 0.490 e. The van der Waals surface area contributed by atoms with Crippen molar-refractivity contribution < 1.29 is 23.9 Å². The molecule has 160 valence electrons. The van der Waals surface area contributed by atoms with Crippen LogP contribution in [0, 0.1) is 16.0 Å². The fourth-order valence-corrected chi connectivity index (χ4v) is 3.32. The van der Waals surface area contributed by atoms with Crippen molar-refractivity contribution >= 4 is 23.2 Å². The highest BCUT2D eigenvalue weighted by Gasteiger charge is 2.21. The zero-order valence-corrected chi connectivity index (χ0v) is 17.5. The molecule has 0 bridgehead atoms. The van der Waals surface area contributed by atoms with Crippen molar-refractivity contribution in [2.45, 2.75) is 26.3 Å². The van der Waals surface area contributed by atoms with Crippen molar-refractivity contribution in [1.82, 2.24) is 5.32 Å². The molecule has 0 saturated heterocycles. The summed E-state index contributed by atoms with van der Waals surface area (Å²) in [6.45, 7) is 4.92. The molecule has 2 aromatic carbocycles. The topological polar surface area (TPSA) is 99.9 Å². The predicted molar refractivity (Wildman–Crippen MR) is 111 cm³/mol. The number of carbonyl (C=O) groups excluding carboxylic acids is 1. The Morgan fingerprint density at radius 3 is 2.60 bits per heavy atom. The summed E-state index contributed by atoms with van der Waals surface area (Å²) in [5, 5.41) is 13.8. The van der Waals surface area contributed by atoms with Crippen molar-refractivity contribution in [2.24, 2.45) is 5.92 Å². The highest BCUT2D eigenvalue weighted by molar-refractivity contribution is 6.32. The van der Waals surface area contributed by atoms with Crippen LogP contribution in [0.15, 0.2) is 36.4 Å². The smallest absolute Gasteiger partial charge is 0.271 e. The number of amides is 1. The molecule has 1 heterocycles. The highest BCUT2D eigenvalue weighted by atomic mass is 35.5. The minimum atomic E-state index is -0.551. The molecule has 0 aromatic heterocycles. The number of hydrogen-bond donors (Lipinski definition) is 1. The number of carbonyl (C=O) groups is 1. The summed E-state index contributed by atoms with van der Waals surface area (Å²) >= 11 is 6.00. The quantitative estimate of drug-likeness (QED) is 0.515. The zero-order valence-electron chi connectivity index (χ0n) is 16.7. The molecule has 0 fully saturated rings. The van der Waals surface area contributed by atoms with Crippen molar-refractivity contribution in [2.75, 3.05) is 19.8 Å². The normalized spacial score (nSPS) is 14.0. The van der Waals surface area contributed by atoms with Gasteiger partial charge in [0, 0.05) is 18.6 Å². The van der Waals surface area contributed by atoms with Crippen LogP contribution >= 0.6 is 11.6 Å². The summed E-state index contributed by atoms with van der Waals surface area (Å²) in [5.41, 5.74) is 0.752. The van der Waals surface area contributed by atoms with Gasteiger partial charge in [0.15, 0.2) is 18.1 Å². The number of ether oxygens (including phenoxy) is 3. The van der Waals surface area contributed by atoms with Gasteiger partial charge in [-0.3, -0.25) is 14.9 Å². The molecule has 1 aliphatic rings. The van der Waals surface area contributed by atoms with Crippen LogP contribution in [0.25, 0.3) is 0 Å². The van der Waals surface area contributed by atoms with E-state index < -0.39 is 4.92 Å². The molecule has 2 aromatic rings. The van der Waals surface area contributed by atoms with E-state index in [0.29, 0.717) is 24.7 Å². The number of nitrogens with one attached hydrogen (secondary N) is 1. The van der Waals surface area contributed by atoms with Gasteiger partial charge in [-0.05, 0) is 29.7 Å². The lowest BCUT2D eigenvalue weighted by Gasteiger charge is -2.24. The van der Waals surface area contributed by atoms with Crippen molar-refractivity contribution in [1.29, 1.82) is 0 Å². The molecule has 3 rings (SSSR count). The molecule has 0 saturated carbocycles. The number of rotatable bonds is 7. The minimum Gasteiger partial charge on any atom is -0.490 e. The number of fused-ring (bicyclic) bond motifs is 1. The van der Waals surface area contributed by atoms with Gasteiger partial charge >= 0.3 is 0 Å². The lowest BCUT2D eigenvalue weighted by molar-refractivity contribution is -0.384. The van der Waals surface area contributed by atoms with Crippen molar-refractivity contribution in [3.05, 3.63) is 57.1 Å². The molecule has 1 atom stereocenters. The van der Waals surface area contributed by atoms with Crippen LogP contribution in [-0.2, 0) is 4.79 Å². The van der Waals surface area contributed by atoms with Crippen LogP contribution in [-0.4, -0.2) is 30.7 Å². The van der Waals surface area contributed by atoms with Gasteiger partial charge < -0.3 is 19.5 Å². The molecule has 1 unspecified atom stereocenters. The van der Waals surface area contributed by atoms with Gasteiger partial charge in [-0.1, -0.05) is 31.5 Å². The summed E-state index contributed by atoms with van der Waals surface area (Å²) in [5.74, 6) is 1.34. The first kappa shape index (κ1) is 21.7. The van der Waals surface area contributed by atoms with E-state index in [2.05, 4.69) is 5.32 Å².